The van der Waals surface area contributed by atoms with Crippen LogP contribution in [0.4, 0.5) is 4.79 Å². The number of hydrogen-bond acceptors (Lipinski definition) is 11. The van der Waals surface area contributed by atoms with Crippen molar-refractivity contribution in [2.24, 2.45) is 17.8 Å². The zero-order chi connectivity index (χ0) is 43.7. The molecule has 5 N–H and O–H groups in total. The highest BCUT2D eigenvalue weighted by molar-refractivity contribution is 6.12. The van der Waals surface area contributed by atoms with Gasteiger partial charge in [-0.3, -0.25) is 19.2 Å². The molecule has 16 nitrogen and oxygen atoms in total. The van der Waals surface area contributed by atoms with E-state index in [2.05, 4.69) is 26.6 Å². The number of Topliss-reactive ketones (excluding diaryl/α,β-unsaturated/α-hetero) is 1. The van der Waals surface area contributed by atoms with Crippen LogP contribution in [0.5, 0.6) is 0 Å². The van der Waals surface area contributed by atoms with Crippen molar-refractivity contribution >= 4 is 47.4 Å². The molecule has 0 aromatic heterocycles. The second kappa shape index (κ2) is 23.3. The monoisotopic (exact) mass is 803 g/mol. The highest BCUT2D eigenvalue weighted by Gasteiger charge is 2.52. The maximum atomic E-state index is 14.5. The fraction of sp³-hybridized carbons (Fsp3) is 0.659. The third-order valence-electron chi connectivity index (χ3n) is 9.09. The molecule has 320 valence electrons. The Bertz CT molecular complexity index is 1540. The minimum Gasteiger partial charge on any atom is -0.467 e. The summed E-state index contributed by atoms with van der Waals surface area (Å²) in [6, 6.07) is 4.09. The zero-order valence-corrected chi connectivity index (χ0v) is 35.7. The molecule has 1 rings (SSSR count). The maximum absolute atomic E-state index is 14.5. The lowest BCUT2D eigenvalue weighted by Gasteiger charge is -2.36. The van der Waals surface area contributed by atoms with Gasteiger partial charge in [-0.2, -0.15) is 0 Å². The number of nitrogens with one attached hydrogen (secondary N) is 5. The zero-order valence-electron chi connectivity index (χ0n) is 35.7. The number of hydrogen-bond donors (Lipinski definition) is 5. The van der Waals surface area contributed by atoms with Crippen LogP contribution in [0.3, 0.4) is 0 Å². The fourth-order valence-electron chi connectivity index (χ4n) is 5.58. The van der Waals surface area contributed by atoms with E-state index < -0.39 is 95.1 Å². The number of ketones is 1. The molecule has 16 heteroatoms. The molecule has 1 aromatic carbocycles. The van der Waals surface area contributed by atoms with Crippen molar-refractivity contribution in [1.29, 1.82) is 0 Å². The fourth-order valence-corrected chi connectivity index (χ4v) is 5.58. The molecule has 57 heavy (non-hydrogen) atoms. The van der Waals surface area contributed by atoms with E-state index in [0.717, 1.165) is 5.56 Å². The first kappa shape index (κ1) is 50.0. The number of rotatable bonds is 22. The van der Waals surface area contributed by atoms with Crippen molar-refractivity contribution in [3.8, 4) is 0 Å². The average Bonchev–Trinajstić information content (AvgIpc) is 3.13. The van der Waals surface area contributed by atoms with Crippen LogP contribution in [0.25, 0.3) is 0 Å². The summed E-state index contributed by atoms with van der Waals surface area (Å²) in [5.74, 6) is -6.90. The van der Waals surface area contributed by atoms with Crippen LogP contribution in [0, 0.1) is 17.8 Å². The maximum Gasteiger partial charge on any atom is 0.408 e. The summed E-state index contributed by atoms with van der Waals surface area (Å²) in [6.07, 6.45) is -1.23. The van der Waals surface area contributed by atoms with Gasteiger partial charge in [0.2, 0.25) is 23.3 Å². The lowest BCUT2D eigenvalue weighted by Crippen LogP contribution is -2.69. The van der Waals surface area contributed by atoms with Gasteiger partial charge in [-0.25, -0.2) is 14.4 Å². The van der Waals surface area contributed by atoms with Gasteiger partial charge in [0.05, 0.1) is 7.11 Å². The largest absolute Gasteiger partial charge is 0.467 e. The molecule has 0 heterocycles. The van der Waals surface area contributed by atoms with E-state index in [-0.39, 0.29) is 37.7 Å². The van der Waals surface area contributed by atoms with Crippen LogP contribution >= 0.6 is 0 Å². The SMILES string of the molecule is CC[C@H](NC(=O)C(CCC(C)=O)(NC(=O)[C@H](CC(C)C)NC(=O)[C@@H](NC(=O)OCc1ccccc1)C(C)C)C(=O)OC(C)(C)C)C(=O)N[C@H](C(=O)OC)[C@@H](C)CC. The van der Waals surface area contributed by atoms with Gasteiger partial charge in [0, 0.05) is 6.42 Å². The Hall–Kier alpha value is -5.02. The Labute approximate surface area is 337 Å². The Morgan fingerprint density at radius 2 is 1.35 bits per heavy atom. The van der Waals surface area contributed by atoms with E-state index in [0.29, 0.717) is 6.42 Å². The predicted molar refractivity (Wildman–Crippen MR) is 212 cm³/mol. The van der Waals surface area contributed by atoms with Crippen LogP contribution in [-0.2, 0) is 54.4 Å². The van der Waals surface area contributed by atoms with Gasteiger partial charge in [-0.05, 0) is 70.3 Å². The Balaban J connectivity index is 3.61. The number of methoxy groups -OCH3 is 1. The van der Waals surface area contributed by atoms with Gasteiger partial charge < -0.3 is 45.6 Å². The number of ether oxygens (including phenoxy) is 3. The van der Waals surface area contributed by atoms with Gasteiger partial charge in [0.1, 0.15) is 42.2 Å². The van der Waals surface area contributed by atoms with Gasteiger partial charge in [-0.15, -0.1) is 0 Å². The Morgan fingerprint density at radius 3 is 1.84 bits per heavy atom. The van der Waals surface area contributed by atoms with Crippen molar-refractivity contribution in [3.05, 3.63) is 35.9 Å². The summed E-state index contributed by atoms with van der Waals surface area (Å²) in [7, 11) is 1.19. The molecule has 0 aliphatic heterocycles. The molecular formula is C41H65N5O11. The highest BCUT2D eigenvalue weighted by atomic mass is 16.6. The molecule has 1 aromatic rings. The van der Waals surface area contributed by atoms with Gasteiger partial charge in [0.15, 0.2) is 0 Å². The summed E-state index contributed by atoms with van der Waals surface area (Å²) < 4.78 is 15.8. The average molecular weight is 804 g/mol. The molecule has 0 bridgehead atoms. The van der Waals surface area contributed by atoms with Crippen LogP contribution in [0.1, 0.15) is 114 Å². The van der Waals surface area contributed by atoms with E-state index in [1.807, 2.05) is 13.0 Å². The molecule has 0 aliphatic rings. The first-order valence-electron chi connectivity index (χ1n) is 19.5. The standard InChI is InChI=1S/C41H65N5O11/c1-13-26(7)32(36(51)55-12)44-33(48)29(14-2)43-37(52)41(21-20-27(8)47,38(53)57-40(9,10)11)46-34(49)30(22-24(3)4)42-35(50)31(25(5)6)45-39(54)56-23-28-18-16-15-17-19-28/h15-19,24-26,29-32H,13-14,20-23H2,1-12H3,(H,42,50)(H,43,52)(H,44,48)(H,45,54)(H,46,49)/t26-,29-,30-,31-,32-,41?/m0/s1. The van der Waals surface area contributed by atoms with Crippen LogP contribution in [0.15, 0.2) is 30.3 Å². The summed E-state index contributed by atoms with van der Waals surface area (Å²) in [4.78, 5) is 108. The van der Waals surface area contributed by atoms with Gasteiger partial charge >= 0.3 is 18.0 Å². The number of benzene rings is 1. The van der Waals surface area contributed by atoms with Crippen molar-refractivity contribution in [2.45, 2.75) is 150 Å². The van der Waals surface area contributed by atoms with Gasteiger partial charge in [-0.1, -0.05) is 85.2 Å². The molecular weight excluding hydrogens is 738 g/mol. The first-order valence-corrected chi connectivity index (χ1v) is 19.5. The van der Waals surface area contributed by atoms with Crippen LogP contribution < -0.4 is 26.6 Å². The third-order valence-corrected chi connectivity index (χ3v) is 9.09. The van der Waals surface area contributed by atoms with Gasteiger partial charge in [0.25, 0.3) is 5.91 Å². The van der Waals surface area contributed by atoms with Crippen LogP contribution in [0.2, 0.25) is 0 Å². The van der Waals surface area contributed by atoms with E-state index in [1.54, 1.807) is 86.6 Å². The van der Waals surface area contributed by atoms with Crippen molar-refractivity contribution in [2.75, 3.05) is 7.11 Å². The molecule has 1 unspecified atom stereocenters. The number of carbonyl (C=O) groups is 8. The minimum atomic E-state index is -2.57. The molecule has 5 amide bonds. The molecule has 0 saturated carbocycles. The molecule has 0 fully saturated rings. The normalized spacial score (nSPS) is 15.1. The molecule has 6 atom stereocenters. The first-order chi connectivity index (χ1) is 26.5. The highest BCUT2D eigenvalue weighted by Crippen LogP contribution is 2.23. The second-order valence-electron chi connectivity index (χ2n) is 16.0. The minimum absolute atomic E-state index is 0.000427. The summed E-state index contributed by atoms with van der Waals surface area (Å²) in [6.45, 7) is 18.0. The third kappa shape index (κ3) is 16.5. The predicted octanol–water partition coefficient (Wildman–Crippen LogP) is 3.63. The van der Waals surface area contributed by atoms with E-state index >= 15 is 0 Å². The lowest BCUT2D eigenvalue weighted by molar-refractivity contribution is -0.169. The smallest absolute Gasteiger partial charge is 0.408 e. The Kier molecular flexibility index (Phi) is 20.4. The molecule has 0 aliphatic carbocycles. The van der Waals surface area contributed by atoms with Crippen molar-refractivity contribution < 1.29 is 52.6 Å². The van der Waals surface area contributed by atoms with Crippen molar-refractivity contribution in [1.82, 2.24) is 26.6 Å². The van der Waals surface area contributed by atoms with E-state index in [1.165, 1.54) is 14.0 Å². The summed E-state index contributed by atoms with van der Waals surface area (Å²) >= 11 is 0. The number of alkyl carbamates (subject to hydrolysis) is 1. The molecule has 0 saturated heterocycles. The Morgan fingerprint density at radius 1 is 0.737 bits per heavy atom. The lowest BCUT2D eigenvalue weighted by atomic mass is 9.89. The number of carbonyl (C=O) groups excluding carboxylic acids is 8. The second-order valence-corrected chi connectivity index (χ2v) is 16.0. The molecule has 0 spiro atoms. The topological polar surface area (TPSA) is 224 Å². The van der Waals surface area contributed by atoms with E-state index in [9.17, 15) is 38.4 Å². The van der Waals surface area contributed by atoms with E-state index in [4.69, 9.17) is 14.2 Å². The molecule has 0 radical (unpaired) electrons. The summed E-state index contributed by atoms with van der Waals surface area (Å²) in [5.41, 5.74) is -3.01. The number of amides is 5. The number of esters is 2. The van der Waals surface area contributed by atoms with Crippen LogP contribution in [-0.4, -0.2) is 89.9 Å². The van der Waals surface area contributed by atoms with Crippen molar-refractivity contribution in [3.63, 3.8) is 0 Å². The summed E-state index contributed by atoms with van der Waals surface area (Å²) in [5, 5.41) is 12.9. The quantitative estimate of drug-likeness (QED) is 0.0647.